The van der Waals surface area contributed by atoms with Crippen LogP contribution in [-0.2, 0) is 11.3 Å². The van der Waals surface area contributed by atoms with Gasteiger partial charge in [0.25, 0.3) is 0 Å². The smallest absolute Gasteiger partial charge is 0.220 e. The molecular weight excluding hydrogens is 286 g/mol. The number of aliphatic hydroxyl groups excluding tert-OH is 1. The molecule has 0 fully saturated rings. The van der Waals surface area contributed by atoms with Gasteiger partial charge in [0.05, 0.1) is 6.10 Å². The first-order valence-corrected chi connectivity index (χ1v) is 9.21. The SMILES string of the molecule is CCCCCCCC[C@H](O)CCCC(=O)NCc1ccccc1. The fraction of sp³-hybridized carbons (Fsp3) is 0.650. The van der Waals surface area contributed by atoms with E-state index in [1.807, 2.05) is 30.3 Å². The number of carbonyl (C=O) groups excluding carboxylic acids is 1. The first-order chi connectivity index (χ1) is 11.2. The molecule has 1 aromatic carbocycles. The van der Waals surface area contributed by atoms with Gasteiger partial charge < -0.3 is 10.4 Å². The quantitative estimate of drug-likeness (QED) is 0.523. The third-order valence-corrected chi connectivity index (χ3v) is 4.16. The molecule has 0 radical (unpaired) electrons. The molecule has 0 aliphatic rings. The molecule has 1 rings (SSSR count). The van der Waals surface area contributed by atoms with Gasteiger partial charge in [-0.1, -0.05) is 75.8 Å². The second kappa shape index (κ2) is 13.1. The van der Waals surface area contributed by atoms with Crippen molar-refractivity contribution in [3.05, 3.63) is 35.9 Å². The standard InChI is InChI=1S/C20H33NO2/c1-2-3-4-5-6-10-14-19(22)15-11-16-20(23)21-17-18-12-8-7-9-13-18/h7-9,12-13,19,22H,2-6,10-11,14-17H2,1H3,(H,21,23)/t19-/m0/s1. The molecule has 1 amide bonds. The van der Waals surface area contributed by atoms with Crippen LogP contribution in [0.1, 0.15) is 76.7 Å². The predicted octanol–water partition coefficient (Wildman–Crippen LogP) is 4.58. The van der Waals surface area contributed by atoms with Crippen molar-refractivity contribution in [2.24, 2.45) is 0 Å². The van der Waals surface area contributed by atoms with Crippen LogP contribution in [0, 0.1) is 0 Å². The van der Waals surface area contributed by atoms with Crippen molar-refractivity contribution in [1.82, 2.24) is 5.32 Å². The zero-order valence-corrected chi connectivity index (χ0v) is 14.6. The van der Waals surface area contributed by atoms with Crippen LogP contribution in [0.15, 0.2) is 30.3 Å². The first kappa shape index (κ1) is 19.7. The highest BCUT2D eigenvalue weighted by atomic mass is 16.3. The Hall–Kier alpha value is -1.35. The summed E-state index contributed by atoms with van der Waals surface area (Å²) in [5.74, 6) is 0.0700. The number of aliphatic hydroxyl groups is 1. The highest BCUT2D eigenvalue weighted by Crippen LogP contribution is 2.12. The zero-order chi connectivity index (χ0) is 16.8. The topological polar surface area (TPSA) is 49.3 Å². The Bertz CT molecular complexity index is 405. The molecule has 1 atom stereocenters. The lowest BCUT2D eigenvalue weighted by atomic mass is 10.0. The summed E-state index contributed by atoms with van der Waals surface area (Å²) in [6.07, 6.45) is 10.1. The van der Waals surface area contributed by atoms with Gasteiger partial charge in [-0.05, 0) is 24.8 Å². The maximum Gasteiger partial charge on any atom is 0.220 e. The summed E-state index contributed by atoms with van der Waals surface area (Å²) in [6, 6.07) is 9.92. The number of amides is 1. The molecule has 0 heterocycles. The molecule has 0 saturated heterocycles. The van der Waals surface area contributed by atoms with E-state index in [0.717, 1.165) is 31.2 Å². The molecule has 0 aromatic heterocycles. The van der Waals surface area contributed by atoms with E-state index >= 15 is 0 Å². The van der Waals surface area contributed by atoms with Gasteiger partial charge >= 0.3 is 0 Å². The summed E-state index contributed by atoms with van der Waals surface area (Å²) in [4.78, 5) is 11.8. The summed E-state index contributed by atoms with van der Waals surface area (Å²) < 4.78 is 0. The van der Waals surface area contributed by atoms with Gasteiger partial charge in [0.1, 0.15) is 0 Å². The maximum atomic E-state index is 11.8. The Morgan fingerprint density at radius 1 is 1.00 bits per heavy atom. The van der Waals surface area contributed by atoms with Crippen molar-refractivity contribution < 1.29 is 9.90 Å². The van der Waals surface area contributed by atoms with E-state index in [0.29, 0.717) is 13.0 Å². The zero-order valence-electron chi connectivity index (χ0n) is 14.6. The predicted molar refractivity (Wildman–Crippen MR) is 96.1 cm³/mol. The van der Waals surface area contributed by atoms with Crippen molar-refractivity contribution in [2.45, 2.75) is 83.8 Å². The Kier molecular flexibility index (Phi) is 11.2. The maximum absolute atomic E-state index is 11.8. The van der Waals surface area contributed by atoms with E-state index in [1.165, 1.54) is 32.1 Å². The van der Waals surface area contributed by atoms with Gasteiger partial charge in [0.2, 0.25) is 5.91 Å². The average molecular weight is 319 g/mol. The van der Waals surface area contributed by atoms with E-state index in [1.54, 1.807) is 0 Å². The van der Waals surface area contributed by atoms with Crippen LogP contribution in [0.4, 0.5) is 0 Å². The number of hydrogen-bond donors (Lipinski definition) is 2. The lowest BCUT2D eigenvalue weighted by Crippen LogP contribution is -2.22. The molecule has 0 unspecified atom stereocenters. The van der Waals surface area contributed by atoms with Gasteiger partial charge in [-0.2, -0.15) is 0 Å². The Balaban J connectivity index is 1.97. The van der Waals surface area contributed by atoms with Crippen molar-refractivity contribution in [2.75, 3.05) is 0 Å². The number of nitrogens with one attached hydrogen (secondary N) is 1. The van der Waals surface area contributed by atoms with E-state index in [4.69, 9.17) is 0 Å². The van der Waals surface area contributed by atoms with E-state index < -0.39 is 0 Å². The molecule has 0 bridgehead atoms. The summed E-state index contributed by atoms with van der Waals surface area (Å²) >= 11 is 0. The normalized spacial score (nSPS) is 12.1. The Morgan fingerprint density at radius 2 is 1.65 bits per heavy atom. The number of unbranched alkanes of at least 4 members (excludes halogenated alkanes) is 5. The molecule has 3 nitrogen and oxygen atoms in total. The van der Waals surface area contributed by atoms with Crippen LogP contribution in [0.25, 0.3) is 0 Å². The fourth-order valence-electron chi connectivity index (χ4n) is 2.69. The lowest BCUT2D eigenvalue weighted by Gasteiger charge is -2.10. The van der Waals surface area contributed by atoms with E-state index in [2.05, 4.69) is 12.2 Å². The minimum atomic E-state index is -0.247. The summed E-state index contributed by atoms with van der Waals surface area (Å²) in [5, 5.41) is 12.9. The van der Waals surface area contributed by atoms with Gasteiger partial charge in [-0.15, -0.1) is 0 Å². The number of rotatable bonds is 13. The molecule has 0 spiro atoms. The number of benzene rings is 1. The lowest BCUT2D eigenvalue weighted by molar-refractivity contribution is -0.121. The summed E-state index contributed by atoms with van der Waals surface area (Å²) in [5.41, 5.74) is 1.11. The Labute approximate surface area is 141 Å². The van der Waals surface area contributed by atoms with E-state index in [-0.39, 0.29) is 12.0 Å². The first-order valence-electron chi connectivity index (χ1n) is 9.21. The largest absolute Gasteiger partial charge is 0.393 e. The third kappa shape index (κ3) is 10.9. The van der Waals surface area contributed by atoms with Crippen LogP contribution < -0.4 is 5.32 Å². The van der Waals surface area contributed by atoms with Crippen molar-refractivity contribution in [3.8, 4) is 0 Å². The molecule has 0 aliphatic carbocycles. The van der Waals surface area contributed by atoms with Crippen LogP contribution in [-0.4, -0.2) is 17.1 Å². The van der Waals surface area contributed by atoms with Crippen LogP contribution >= 0.6 is 0 Å². The van der Waals surface area contributed by atoms with Gasteiger partial charge in [0.15, 0.2) is 0 Å². The minimum absolute atomic E-state index is 0.0700. The molecule has 0 saturated carbocycles. The number of carbonyl (C=O) groups is 1. The average Bonchev–Trinajstić information content (AvgIpc) is 2.57. The van der Waals surface area contributed by atoms with Crippen molar-refractivity contribution in [3.63, 3.8) is 0 Å². The summed E-state index contributed by atoms with van der Waals surface area (Å²) in [6.45, 7) is 2.81. The number of hydrogen-bond acceptors (Lipinski definition) is 2. The minimum Gasteiger partial charge on any atom is -0.393 e. The monoisotopic (exact) mass is 319 g/mol. The summed E-state index contributed by atoms with van der Waals surface area (Å²) in [7, 11) is 0. The van der Waals surface area contributed by atoms with Gasteiger partial charge in [-0.25, -0.2) is 0 Å². The Morgan fingerprint density at radius 3 is 2.39 bits per heavy atom. The highest BCUT2D eigenvalue weighted by molar-refractivity contribution is 5.75. The molecule has 3 heteroatoms. The van der Waals surface area contributed by atoms with Gasteiger partial charge in [-0.3, -0.25) is 4.79 Å². The second-order valence-electron chi connectivity index (χ2n) is 6.36. The van der Waals surface area contributed by atoms with E-state index in [9.17, 15) is 9.90 Å². The van der Waals surface area contributed by atoms with Crippen LogP contribution in [0.2, 0.25) is 0 Å². The van der Waals surface area contributed by atoms with Crippen LogP contribution in [0.5, 0.6) is 0 Å². The molecular formula is C20H33NO2. The molecule has 0 aliphatic heterocycles. The molecule has 2 N–H and O–H groups in total. The third-order valence-electron chi connectivity index (χ3n) is 4.16. The molecule has 130 valence electrons. The second-order valence-corrected chi connectivity index (χ2v) is 6.36. The van der Waals surface area contributed by atoms with Gasteiger partial charge in [0, 0.05) is 13.0 Å². The highest BCUT2D eigenvalue weighted by Gasteiger charge is 2.06. The van der Waals surface area contributed by atoms with Crippen LogP contribution in [0.3, 0.4) is 0 Å². The fourth-order valence-corrected chi connectivity index (χ4v) is 2.69. The van der Waals surface area contributed by atoms with Crippen molar-refractivity contribution in [1.29, 1.82) is 0 Å². The molecule has 23 heavy (non-hydrogen) atoms. The van der Waals surface area contributed by atoms with Crippen molar-refractivity contribution >= 4 is 5.91 Å². The molecule has 1 aromatic rings.